The van der Waals surface area contributed by atoms with Gasteiger partial charge < -0.3 is 0 Å². The summed E-state index contributed by atoms with van der Waals surface area (Å²) in [6.45, 7) is 0. The molecule has 0 aromatic carbocycles. The number of carbonyl (C=O) groups excluding carboxylic acids is 1. The van der Waals surface area contributed by atoms with E-state index in [9.17, 15) is 9.59 Å². The standard InChI is InChI=1S/C8H10N4O2/c1-11-8(14)12(10-9-11)6-4-2-3-5-7(6)13/h4H,2-3,5H2,1H3. The van der Waals surface area contributed by atoms with Crippen LogP contribution < -0.4 is 5.69 Å². The van der Waals surface area contributed by atoms with Crippen molar-refractivity contribution in [3.05, 3.63) is 16.6 Å². The molecule has 0 atom stereocenters. The molecule has 0 saturated carbocycles. The van der Waals surface area contributed by atoms with Crippen LogP contribution in [-0.2, 0) is 11.8 Å². The Hall–Kier alpha value is -1.72. The number of ketones is 1. The average molecular weight is 194 g/mol. The van der Waals surface area contributed by atoms with Crippen LogP contribution in [0.4, 0.5) is 0 Å². The fourth-order valence-electron chi connectivity index (χ4n) is 1.41. The zero-order valence-electron chi connectivity index (χ0n) is 7.80. The maximum atomic E-state index is 11.5. The van der Waals surface area contributed by atoms with E-state index in [0.717, 1.165) is 22.2 Å². The van der Waals surface area contributed by atoms with E-state index < -0.39 is 0 Å². The van der Waals surface area contributed by atoms with Gasteiger partial charge in [0.05, 0.1) is 0 Å². The lowest BCUT2D eigenvalue weighted by Gasteiger charge is -2.08. The number of tetrazole rings is 1. The molecule has 1 heterocycles. The summed E-state index contributed by atoms with van der Waals surface area (Å²) in [5.41, 5.74) is -0.0270. The van der Waals surface area contributed by atoms with Gasteiger partial charge >= 0.3 is 5.69 Å². The molecule has 0 bridgehead atoms. The van der Waals surface area contributed by atoms with Crippen LogP contribution in [0.25, 0.3) is 5.70 Å². The van der Waals surface area contributed by atoms with Gasteiger partial charge in [0.15, 0.2) is 5.78 Å². The number of Topliss-reactive ketones (excluding diaryl/α,β-unsaturated/α-hetero) is 1. The molecular formula is C8H10N4O2. The van der Waals surface area contributed by atoms with Crippen LogP contribution in [0.1, 0.15) is 19.3 Å². The van der Waals surface area contributed by atoms with Crippen LogP contribution >= 0.6 is 0 Å². The van der Waals surface area contributed by atoms with Gasteiger partial charge in [-0.1, -0.05) is 6.08 Å². The minimum absolute atomic E-state index is 0.0427. The van der Waals surface area contributed by atoms with Crippen LogP contribution in [0.5, 0.6) is 0 Å². The number of nitrogens with zero attached hydrogens (tertiary/aromatic N) is 4. The minimum Gasteiger partial charge on any atom is -0.292 e. The normalized spacial score (nSPS) is 16.9. The molecule has 0 radical (unpaired) electrons. The number of hydrogen-bond acceptors (Lipinski definition) is 4. The van der Waals surface area contributed by atoms with Gasteiger partial charge in [-0.05, 0) is 23.3 Å². The average Bonchev–Trinajstić information content (AvgIpc) is 2.49. The first-order valence-corrected chi connectivity index (χ1v) is 4.43. The summed E-state index contributed by atoms with van der Waals surface area (Å²) < 4.78 is 2.16. The van der Waals surface area contributed by atoms with E-state index in [-0.39, 0.29) is 11.5 Å². The second kappa shape index (κ2) is 3.21. The third-order valence-corrected chi connectivity index (χ3v) is 2.18. The summed E-state index contributed by atoms with van der Waals surface area (Å²) in [6, 6.07) is 0. The van der Waals surface area contributed by atoms with Crippen molar-refractivity contribution in [1.82, 2.24) is 19.8 Å². The van der Waals surface area contributed by atoms with Gasteiger partial charge in [0, 0.05) is 13.5 Å². The number of aromatic nitrogens is 4. The number of rotatable bonds is 1. The highest BCUT2D eigenvalue weighted by Gasteiger charge is 2.18. The molecule has 0 aliphatic heterocycles. The largest absolute Gasteiger partial charge is 0.368 e. The van der Waals surface area contributed by atoms with Gasteiger partial charge in [0.25, 0.3) is 0 Å². The van der Waals surface area contributed by atoms with Crippen LogP contribution in [0.15, 0.2) is 10.9 Å². The number of hydrogen-bond donors (Lipinski definition) is 0. The van der Waals surface area contributed by atoms with Gasteiger partial charge in [-0.3, -0.25) is 4.79 Å². The quantitative estimate of drug-likeness (QED) is 0.608. The van der Waals surface area contributed by atoms with Crippen LogP contribution in [-0.4, -0.2) is 25.6 Å². The molecule has 0 unspecified atom stereocenters. The third kappa shape index (κ3) is 1.28. The van der Waals surface area contributed by atoms with E-state index in [4.69, 9.17) is 0 Å². The lowest BCUT2D eigenvalue weighted by molar-refractivity contribution is -0.114. The molecule has 0 saturated heterocycles. The first kappa shape index (κ1) is 8.86. The Kier molecular flexibility index (Phi) is 2.03. The van der Waals surface area contributed by atoms with Crippen LogP contribution in [0.3, 0.4) is 0 Å². The minimum atomic E-state index is -0.383. The smallest absolute Gasteiger partial charge is 0.292 e. The van der Waals surface area contributed by atoms with Crippen LogP contribution in [0, 0.1) is 0 Å². The van der Waals surface area contributed by atoms with Crippen molar-refractivity contribution in [2.45, 2.75) is 19.3 Å². The molecule has 0 spiro atoms. The van der Waals surface area contributed by atoms with Crippen molar-refractivity contribution in [2.24, 2.45) is 7.05 Å². The molecular weight excluding hydrogens is 184 g/mol. The summed E-state index contributed by atoms with van der Waals surface area (Å²) in [6.07, 6.45) is 3.87. The molecule has 0 fully saturated rings. The van der Waals surface area contributed by atoms with Crippen LogP contribution in [0.2, 0.25) is 0 Å². The summed E-state index contributed by atoms with van der Waals surface area (Å²) in [7, 11) is 1.50. The van der Waals surface area contributed by atoms with E-state index in [1.807, 2.05) is 0 Å². The molecule has 14 heavy (non-hydrogen) atoms. The Labute approximate surface area is 79.8 Å². The fraction of sp³-hybridized carbons (Fsp3) is 0.500. The molecule has 0 amide bonds. The zero-order chi connectivity index (χ0) is 10.1. The van der Waals surface area contributed by atoms with E-state index in [1.165, 1.54) is 7.05 Å². The highest BCUT2D eigenvalue weighted by atomic mass is 16.2. The van der Waals surface area contributed by atoms with Crippen molar-refractivity contribution < 1.29 is 4.79 Å². The van der Waals surface area contributed by atoms with Crippen molar-refractivity contribution in [2.75, 3.05) is 0 Å². The highest BCUT2D eigenvalue weighted by Crippen LogP contribution is 2.15. The zero-order valence-corrected chi connectivity index (χ0v) is 7.80. The maximum Gasteiger partial charge on any atom is 0.368 e. The molecule has 6 nitrogen and oxygen atoms in total. The predicted octanol–water partition coefficient (Wildman–Crippen LogP) is -0.429. The summed E-state index contributed by atoms with van der Waals surface area (Å²) in [4.78, 5) is 22.9. The van der Waals surface area contributed by atoms with Gasteiger partial charge in [-0.15, -0.1) is 0 Å². The molecule has 1 aromatic heterocycles. The van der Waals surface area contributed by atoms with Crippen molar-refractivity contribution in [3.63, 3.8) is 0 Å². The number of aryl methyl sites for hydroxylation is 1. The van der Waals surface area contributed by atoms with Gasteiger partial charge in [-0.25, -0.2) is 4.79 Å². The maximum absolute atomic E-state index is 11.5. The van der Waals surface area contributed by atoms with Gasteiger partial charge in [0.2, 0.25) is 0 Å². The van der Waals surface area contributed by atoms with E-state index in [0.29, 0.717) is 12.1 Å². The molecule has 1 aliphatic carbocycles. The Morgan fingerprint density at radius 3 is 2.71 bits per heavy atom. The molecule has 74 valence electrons. The Morgan fingerprint density at radius 1 is 1.36 bits per heavy atom. The second-order valence-corrected chi connectivity index (χ2v) is 3.20. The Morgan fingerprint density at radius 2 is 2.14 bits per heavy atom. The Balaban J connectivity index is 2.49. The second-order valence-electron chi connectivity index (χ2n) is 3.20. The SMILES string of the molecule is Cn1nnn(C2=CCCCC2=O)c1=O. The van der Waals surface area contributed by atoms with Crippen molar-refractivity contribution in [1.29, 1.82) is 0 Å². The lowest BCUT2D eigenvalue weighted by Crippen LogP contribution is -2.26. The summed E-state index contributed by atoms with van der Waals surface area (Å²) in [5, 5.41) is 7.17. The predicted molar refractivity (Wildman–Crippen MR) is 48.4 cm³/mol. The molecule has 1 aliphatic rings. The molecule has 1 aromatic rings. The summed E-state index contributed by atoms with van der Waals surface area (Å²) >= 11 is 0. The Bertz CT molecular complexity index is 454. The molecule has 2 rings (SSSR count). The molecule has 6 heteroatoms. The van der Waals surface area contributed by atoms with Crippen molar-refractivity contribution in [3.8, 4) is 0 Å². The highest BCUT2D eigenvalue weighted by molar-refractivity contribution is 6.15. The first-order valence-electron chi connectivity index (χ1n) is 4.43. The van der Waals surface area contributed by atoms with E-state index in [2.05, 4.69) is 10.4 Å². The topological polar surface area (TPSA) is 69.8 Å². The van der Waals surface area contributed by atoms with E-state index >= 15 is 0 Å². The molecule has 0 N–H and O–H groups in total. The van der Waals surface area contributed by atoms with Gasteiger partial charge in [-0.2, -0.15) is 9.36 Å². The van der Waals surface area contributed by atoms with E-state index in [1.54, 1.807) is 6.08 Å². The lowest BCUT2D eigenvalue weighted by atomic mass is 10.0. The number of carbonyl (C=O) groups is 1. The number of allylic oxidation sites excluding steroid dienone is 2. The fourth-order valence-corrected chi connectivity index (χ4v) is 1.41. The third-order valence-electron chi connectivity index (χ3n) is 2.18. The van der Waals surface area contributed by atoms with Gasteiger partial charge in [0.1, 0.15) is 5.70 Å². The monoisotopic (exact) mass is 194 g/mol. The van der Waals surface area contributed by atoms with Crippen molar-refractivity contribution >= 4 is 11.5 Å². The summed E-state index contributed by atoms with van der Waals surface area (Å²) in [5.74, 6) is -0.0427. The first-order chi connectivity index (χ1) is 6.70.